The van der Waals surface area contributed by atoms with Crippen LogP contribution in [-0.4, -0.2) is 23.5 Å². The molecule has 0 bridgehead atoms. The minimum atomic E-state index is -0.683. The van der Waals surface area contributed by atoms with Crippen LogP contribution in [0.3, 0.4) is 0 Å². The normalized spacial score (nSPS) is 10.4. The van der Waals surface area contributed by atoms with Crippen LogP contribution < -0.4 is 5.32 Å². The average molecular weight is 391 g/mol. The number of amides is 1. The molecule has 0 unspecified atom stereocenters. The van der Waals surface area contributed by atoms with E-state index in [0.717, 1.165) is 5.56 Å². The first-order valence-corrected chi connectivity index (χ1v) is 8.71. The highest BCUT2D eigenvalue weighted by Crippen LogP contribution is 2.25. The van der Waals surface area contributed by atoms with Gasteiger partial charge >= 0.3 is 5.97 Å². The first-order valence-electron chi connectivity index (χ1n) is 7.46. The number of aromatic nitrogens is 1. The van der Waals surface area contributed by atoms with E-state index in [-0.39, 0.29) is 16.4 Å². The summed E-state index contributed by atoms with van der Waals surface area (Å²) in [5.41, 5.74) is 1.53. The number of hydrogen-bond donors (Lipinski definition) is 1. The van der Waals surface area contributed by atoms with Gasteiger partial charge in [-0.3, -0.25) is 10.1 Å². The van der Waals surface area contributed by atoms with Gasteiger partial charge < -0.3 is 4.74 Å². The minimum Gasteiger partial charge on any atom is -0.452 e. The van der Waals surface area contributed by atoms with Gasteiger partial charge in [-0.25, -0.2) is 14.2 Å². The van der Waals surface area contributed by atoms with Crippen molar-refractivity contribution in [2.24, 2.45) is 0 Å². The summed E-state index contributed by atoms with van der Waals surface area (Å²) in [7, 11) is 0. The molecule has 5 nitrogen and oxygen atoms in total. The van der Waals surface area contributed by atoms with E-state index in [1.807, 2.05) is 0 Å². The minimum absolute atomic E-state index is 0.190. The van der Waals surface area contributed by atoms with Crippen molar-refractivity contribution in [2.45, 2.75) is 0 Å². The number of carbonyl (C=O) groups is 2. The summed E-state index contributed by atoms with van der Waals surface area (Å²) < 4.78 is 17.9. The maximum Gasteiger partial charge on any atom is 0.340 e. The number of anilines is 1. The van der Waals surface area contributed by atoms with E-state index in [0.29, 0.717) is 10.8 Å². The van der Waals surface area contributed by atoms with Crippen molar-refractivity contribution in [3.8, 4) is 11.3 Å². The molecule has 0 fully saturated rings. The van der Waals surface area contributed by atoms with Crippen molar-refractivity contribution in [3.63, 3.8) is 0 Å². The summed E-state index contributed by atoms with van der Waals surface area (Å²) in [4.78, 5) is 28.1. The van der Waals surface area contributed by atoms with Gasteiger partial charge in [-0.2, -0.15) is 0 Å². The van der Waals surface area contributed by atoms with Gasteiger partial charge in [0.05, 0.1) is 16.3 Å². The summed E-state index contributed by atoms with van der Waals surface area (Å²) in [5.74, 6) is -1.54. The van der Waals surface area contributed by atoms with E-state index in [9.17, 15) is 14.0 Å². The highest BCUT2D eigenvalue weighted by molar-refractivity contribution is 7.14. The number of benzene rings is 2. The zero-order valence-electron chi connectivity index (χ0n) is 13.2. The molecule has 26 heavy (non-hydrogen) atoms. The molecule has 2 aromatic carbocycles. The van der Waals surface area contributed by atoms with Gasteiger partial charge in [0.1, 0.15) is 5.82 Å². The largest absolute Gasteiger partial charge is 0.452 e. The van der Waals surface area contributed by atoms with Crippen LogP contribution in [0.2, 0.25) is 5.02 Å². The van der Waals surface area contributed by atoms with Crippen molar-refractivity contribution < 1.29 is 18.7 Å². The number of nitrogens with zero attached hydrogens (tertiary/aromatic N) is 1. The fourth-order valence-corrected chi connectivity index (χ4v) is 3.02. The van der Waals surface area contributed by atoms with Crippen molar-refractivity contribution >= 4 is 39.9 Å². The standard InChI is InChI=1S/C18H12ClFN2O3S/c19-14-4-2-1-3-13(14)17(24)25-9-16(23)22-18-21-15(10-26-18)11-5-7-12(20)8-6-11/h1-8,10H,9H2,(H,21,22,23). The molecule has 0 spiro atoms. The average Bonchev–Trinajstić information content (AvgIpc) is 3.09. The molecule has 0 aliphatic rings. The Morgan fingerprint density at radius 3 is 2.62 bits per heavy atom. The fourth-order valence-electron chi connectivity index (χ4n) is 2.08. The number of esters is 1. The quantitative estimate of drug-likeness (QED) is 0.656. The molecule has 1 heterocycles. The highest BCUT2D eigenvalue weighted by Gasteiger charge is 2.14. The van der Waals surface area contributed by atoms with E-state index in [2.05, 4.69) is 10.3 Å². The van der Waals surface area contributed by atoms with Crippen molar-refractivity contribution in [1.82, 2.24) is 4.98 Å². The van der Waals surface area contributed by atoms with Crippen LogP contribution >= 0.6 is 22.9 Å². The first kappa shape index (κ1) is 18.0. The predicted molar refractivity (Wildman–Crippen MR) is 97.9 cm³/mol. The van der Waals surface area contributed by atoms with Gasteiger partial charge in [0.2, 0.25) is 0 Å². The van der Waals surface area contributed by atoms with Crippen LogP contribution in [0.4, 0.5) is 9.52 Å². The Morgan fingerprint density at radius 2 is 1.88 bits per heavy atom. The molecule has 0 aliphatic heterocycles. The second kappa shape index (κ2) is 8.07. The van der Waals surface area contributed by atoms with Crippen LogP contribution in [0.25, 0.3) is 11.3 Å². The third-order valence-electron chi connectivity index (χ3n) is 3.32. The number of hydrogen-bond acceptors (Lipinski definition) is 5. The maximum absolute atomic E-state index is 13.0. The molecule has 3 rings (SSSR count). The molecule has 0 radical (unpaired) electrons. The van der Waals surface area contributed by atoms with Crippen molar-refractivity contribution in [1.29, 1.82) is 0 Å². The molecule has 1 aromatic heterocycles. The van der Waals surface area contributed by atoms with E-state index < -0.39 is 18.5 Å². The Kier molecular flexibility index (Phi) is 5.60. The molecule has 0 saturated carbocycles. The Hall–Kier alpha value is -2.77. The lowest BCUT2D eigenvalue weighted by Gasteiger charge is -2.05. The van der Waals surface area contributed by atoms with E-state index >= 15 is 0 Å². The van der Waals surface area contributed by atoms with Crippen LogP contribution in [-0.2, 0) is 9.53 Å². The Bertz CT molecular complexity index is 944. The Balaban J connectivity index is 1.56. The summed E-state index contributed by atoms with van der Waals surface area (Å²) in [5, 5.41) is 4.89. The number of halogens is 2. The van der Waals surface area contributed by atoms with Crippen LogP contribution in [0.1, 0.15) is 10.4 Å². The zero-order chi connectivity index (χ0) is 18.5. The molecule has 0 saturated heterocycles. The fraction of sp³-hybridized carbons (Fsp3) is 0.0556. The molecular weight excluding hydrogens is 379 g/mol. The third kappa shape index (κ3) is 4.44. The summed E-state index contributed by atoms with van der Waals surface area (Å²) in [6.45, 7) is -0.463. The molecule has 0 atom stereocenters. The van der Waals surface area contributed by atoms with Crippen LogP contribution in [0, 0.1) is 5.82 Å². The molecule has 3 aromatic rings. The van der Waals surface area contributed by atoms with Gasteiger partial charge in [-0.05, 0) is 36.4 Å². The van der Waals surface area contributed by atoms with Crippen molar-refractivity contribution in [3.05, 3.63) is 70.3 Å². The summed E-state index contributed by atoms with van der Waals surface area (Å²) in [6, 6.07) is 12.3. The van der Waals surface area contributed by atoms with Gasteiger partial charge in [-0.15, -0.1) is 11.3 Å². The Labute approximate surface area is 157 Å². The van der Waals surface area contributed by atoms with Gasteiger partial charge in [0.15, 0.2) is 11.7 Å². The smallest absolute Gasteiger partial charge is 0.340 e. The first-order chi connectivity index (χ1) is 12.5. The zero-order valence-corrected chi connectivity index (χ0v) is 14.8. The van der Waals surface area contributed by atoms with Crippen LogP contribution in [0.15, 0.2) is 53.9 Å². The lowest BCUT2D eigenvalue weighted by Crippen LogP contribution is -2.21. The van der Waals surface area contributed by atoms with Crippen molar-refractivity contribution in [2.75, 3.05) is 11.9 Å². The number of ether oxygens (including phenoxy) is 1. The molecule has 132 valence electrons. The molecule has 0 aliphatic carbocycles. The number of thiazole rings is 1. The van der Waals surface area contributed by atoms with E-state index in [4.69, 9.17) is 16.3 Å². The maximum atomic E-state index is 13.0. The second-order valence-corrected chi connectivity index (χ2v) is 6.41. The molecule has 8 heteroatoms. The monoisotopic (exact) mass is 390 g/mol. The third-order valence-corrected chi connectivity index (χ3v) is 4.41. The van der Waals surface area contributed by atoms with Crippen LogP contribution in [0.5, 0.6) is 0 Å². The van der Waals surface area contributed by atoms with Gasteiger partial charge in [0, 0.05) is 10.9 Å². The number of nitrogens with one attached hydrogen (secondary N) is 1. The lowest BCUT2D eigenvalue weighted by molar-refractivity contribution is -0.119. The highest BCUT2D eigenvalue weighted by atomic mass is 35.5. The van der Waals surface area contributed by atoms with E-state index in [1.165, 1.54) is 29.5 Å². The van der Waals surface area contributed by atoms with E-state index in [1.54, 1.807) is 35.7 Å². The second-order valence-electron chi connectivity index (χ2n) is 5.15. The number of rotatable bonds is 5. The Morgan fingerprint density at radius 1 is 1.15 bits per heavy atom. The SMILES string of the molecule is O=C(COC(=O)c1ccccc1Cl)Nc1nc(-c2ccc(F)cc2)cs1. The summed E-state index contributed by atoms with van der Waals surface area (Å²) in [6.07, 6.45) is 0. The molecular formula is C18H12ClFN2O3S. The molecule has 1 N–H and O–H groups in total. The topological polar surface area (TPSA) is 68.3 Å². The summed E-state index contributed by atoms with van der Waals surface area (Å²) >= 11 is 7.11. The predicted octanol–water partition coefficient (Wildman–Crippen LogP) is 4.40. The molecule has 1 amide bonds. The van der Waals surface area contributed by atoms with Gasteiger partial charge in [0.25, 0.3) is 5.91 Å². The van der Waals surface area contributed by atoms with Gasteiger partial charge in [-0.1, -0.05) is 23.7 Å². The lowest BCUT2D eigenvalue weighted by atomic mass is 10.2. The number of carbonyl (C=O) groups excluding carboxylic acids is 2.